The number of rotatable bonds is 11. The van der Waals surface area contributed by atoms with Gasteiger partial charge in [0.2, 0.25) is 11.6 Å². The molecule has 1 aliphatic heterocycles. The number of aromatic nitrogens is 4. The van der Waals surface area contributed by atoms with Gasteiger partial charge in [-0.2, -0.15) is 9.97 Å². The number of carbonyl (C=O) groups is 1. The highest BCUT2D eigenvalue weighted by Gasteiger charge is 2.58. The number of imidazole rings is 1. The quantitative estimate of drug-likeness (QED) is 0.121. The van der Waals surface area contributed by atoms with Crippen LogP contribution in [0.1, 0.15) is 27.0 Å². The van der Waals surface area contributed by atoms with E-state index in [0.29, 0.717) is 17.1 Å². The highest BCUT2D eigenvalue weighted by atomic mass is 32.5. The third kappa shape index (κ3) is 6.50. The van der Waals surface area contributed by atoms with Gasteiger partial charge in [0.15, 0.2) is 23.2 Å². The highest BCUT2D eigenvalue weighted by molar-refractivity contribution is 8.09. The molecule has 46 heavy (non-hydrogen) atoms. The predicted octanol–water partition coefficient (Wildman–Crippen LogP) is 3.48. The Morgan fingerprint density at radius 2 is 2.00 bits per heavy atom. The molecule has 0 saturated carbocycles. The number of ether oxygens (including phenoxy) is 2. The number of benzene rings is 2. The van der Waals surface area contributed by atoms with E-state index in [4.69, 9.17) is 42.5 Å². The molecule has 3 heterocycles. The number of fused-ring (bicyclic) bond motifs is 2. The van der Waals surface area contributed by atoms with Crippen LogP contribution in [0.4, 0.5) is 16.2 Å². The Labute approximate surface area is 270 Å². The van der Waals surface area contributed by atoms with E-state index in [1.54, 1.807) is 51.9 Å². The lowest BCUT2D eigenvalue weighted by atomic mass is 9.97. The van der Waals surface area contributed by atoms with Gasteiger partial charge in [-0.05, 0) is 44.0 Å². The lowest BCUT2D eigenvalue weighted by Gasteiger charge is -2.28. The van der Waals surface area contributed by atoms with Crippen molar-refractivity contribution >= 4 is 58.1 Å². The molecule has 0 radical (unpaired) electrons. The highest BCUT2D eigenvalue weighted by Crippen LogP contribution is 2.49. The number of aliphatic hydroxyl groups excluding tert-OH is 1. The zero-order valence-corrected chi connectivity index (χ0v) is 27.5. The number of anilines is 2. The van der Waals surface area contributed by atoms with Gasteiger partial charge in [-0.1, -0.05) is 42.3 Å². The second-order valence-corrected chi connectivity index (χ2v) is 14.3. The first kappa shape index (κ1) is 33.5. The van der Waals surface area contributed by atoms with E-state index >= 15 is 4.39 Å². The number of alkyl halides is 1. The number of terminal acetylenes is 1. The standard InChI is InChI=1S/C30H35FN7O6PS/c1-7-30(31)24(39)22(43-28(30)38-16-33-23-25(37(5)6)34-29(32)35-26(23)38)15-41-45(46,36-18(4)27(40)42-17(2)3)44-21-14-10-12-19-11-8-9-13-20(19)21/h1,8-14,16-18,22,24,28,39H,15H2,2-6H3,(H,36,46)(H2,32,34,35)/t18-,22-,24-,28-,30-,45?/m1/s1. The summed E-state index contributed by atoms with van der Waals surface area (Å²) in [6.07, 6.45) is 1.80. The molecule has 6 atom stereocenters. The van der Waals surface area contributed by atoms with E-state index in [0.717, 1.165) is 10.8 Å². The van der Waals surface area contributed by atoms with Crippen molar-refractivity contribution in [2.75, 3.05) is 31.3 Å². The molecule has 1 aliphatic rings. The van der Waals surface area contributed by atoms with Crippen LogP contribution in [-0.2, 0) is 30.6 Å². The molecule has 2 aromatic carbocycles. The minimum Gasteiger partial charge on any atom is -0.462 e. The molecule has 0 aliphatic carbocycles. The van der Waals surface area contributed by atoms with Crippen LogP contribution in [0.15, 0.2) is 48.8 Å². The molecule has 0 bridgehead atoms. The summed E-state index contributed by atoms with van der Waals surface area (Å²) in [5, 5.41) is 15.8. The van der Waals surface area contributed by atoms with Crippen molar-refractivity contribution in [1.29, 1.82) is 0 Å². The topological polar surface area (TPSA) is 159 Å². The maximum Gasteiger partial charge on any atom is 0.323 e. The molecule has 5 rings (SSSR count). The van der Waals surface area contributed by atoms with E-state index in [1.807, 2.05) is 36.3 Å². The summed E-state index contributed by atoms with van der Waals surface area (Å²) >= 11 is 5.87. The zero-order valence-electron chi connectivity index (χ0n) is 25.8. The molecule has 4 aromatic rings. The van der Waals surface area contributed by atoms with Gasteiger partial charge in [-0.3, -0.25) is 9.36 Å². The maximum absolute atomic E-state index is 16.5. The number of nitrogens with one attached hydrogen (secondary N) is 1. The van der Waals surface area contributed by atoms with E-state index < -0.39 is 49.4 Å². The van der Waals surface area contributed by atoms with Crippen LogP contribution in [0.25, 0.3) is 21.9 Å². The molecule has 244 valence electrons. The van der Waals surface area contributed by atoms with Gasteiger partial charge in [0, 0.05) is 19.5 Å². The molecule has 13 nitrogen and oxygen atoms in total. The van der Waals surface area contributed by atoms with Gasteiger partial charge in [0.05, 0.1) is 19.0 Å². The van der Waals surface area contributed by atoms with Gasteiger partial charge in [0.25, 0.3) is 0 Å². The van der Waals surface area contributed by atoms with Crippen LogP contribution in [0.2, 0.25) is 0 Å². The summed E-state index contributed by atoms with van der Waals surface area (Å²) in [7, 11) is 3.48. The van der Waals surface area contributed by atoms with Gasteiger partial charge < -0.3 is 34.3 Å². The number of halogens is 1. The van der Waals surface area contributed by atoms with Crippen LogP contribution in [0.3, 0.4) is 0 Å². The molecule has 1 fully saturated rings. The summed E-state index contributed by atoms with van der Waals surface area (Å²) in [6, 6.07) is 12.0. The normalized spacial score (nSPS) is 23.2. The molecule has 2 aromatic heterocycles. The second kappa shape index (κ2) is 13.1. The molecular formula is C30H35FN7O6PS. The molecule has 0 amide bonds. The van der Waals surface area contributed by atoms with E-state index in [9.17, 15) is 9.90 Å². The number of hydrogen-bond donors (Lipinski definition) is 3. The summed E-state index contributed by atoms with van der Waals surface area (Å²) < 4.78 is 41.4. The SMILES string of the molecule is C#C[C@@]1(F)[C@H](O)[C@@H](COP(=S)(N[C@H](C)C(=O)OC(C)C)Oc2cccc3ccccc23)O[C@H]1n1cnc2c(N(C)C)nc(N)nc21. The first-order valence-electron chi connectivity index (χ1n) is 14.3. The Bertz CT molecular complexity index is 1850. The Balaban J connectivity index is 1.45. The summed E-state index contributed by atoms with van der Waals surface area (Å²) in [6.45, 7) is 0.925. The number of esters is 1. The van der Waals surface area contributed by atoms with Crippen molar-refractivity contribution in [3.8, 4) is 18.1 Å². The van der Waals surface area contributed by atoms with Crippen molar-refractivity contribution in [2.24, 2.45) is 0 Å². The van der Waals surface area contributed by atoms with Crippen LogP contribution in [0.5, 0.6) is 5.75 Å². The van der Waals surface area contributed by atoms with E-state index in [-0.39, 0.29) is 17.7 Å². The average Bonchev–Trinajstić information content (AvgIpc) is 3.53. The van der Waals surface area contributed by atoms with Crippen LogP contribution >= 0.6 is 6.64 Å². The fraction of sp³-hybridized carbons (Fsp3) is 0.400. The van der Waals surface area contributed by atoms with Crippen molar-refractivity contribution in [2.45, 2.75) is 57.0 Å². The molecule has 4 N–H and O–H groups in total. The van der Waals surface area contributed by atoms with Crippen molar-refractivity contribution in [3.63, 3.8) is 0 Å². The molecule has 16 heteroatoms. The molecule has 0 spiro atoms. The number of hydrogen-bond acceptors (Lipinski definition) is 12. The lowest BCUT2D eigenvalue weighted by Crippen LogP contribution is -2.42. The van der Waals surface area contributed by atoms with E-state index in [1.165, 1.54) is 10.9 Å². The van der Waals surface area contributed by atoms with Gasteiger partial charge in [-0.15, -0.1) is 6.42 Å². The monoisotopic (exact) mass is 671 g/mol. The van der Waals surface area contributed by atoms with Gasteiger partial charge in [0.1, 0.15) is 24.0 Å². The lowest BCUT2D eigenvalue weighted by molar-refractivity contribution is -0.149. The van der Waals surface area contributed by atoms with E-state index in [2.05, 4.69) is 20.0 Å². The van der Waals surface area contributed by atoms with Crippen molar-refractivity contribution < 1.29 is 32.8 Å². The first-order chi connectivity index (χ1) is 21.8. The Kier molecular flexibility index (Phi) is 9.51. The number of nitrogens with zero attached hydrogens (tertiary/aromatic N) is 5. The van der Waals surface area contributed by atoms with Crippen LogP contribution in [0, 0.1) is 12.3 Å². The predicted molar refractivity (Wildman–Crippen MR) is 175 cm³/mol. The summed E-state index contributed by atoms with van der Waals surface area (Å²) in [5.74, 6) is 2.18. The minimum atomic E-state index is -3.62. The number of nitrogen functional groups attached to an aromatic ring is 1. The van der Waals surface area contributed by atoms with Gasteiger partial charge >= 0.3 is 12.6 Å². The number of aliphatic hydroxyl groups is 1. The maximum atomic E-state index is 16.5. The third-order valence-corrected chi connectivity index (χ3v) is 9.68. The largest absolute Gasteiger partial charge is 0.462 e. The third-order valence-electron chi connectivity index (χ3n) is 7.20. The second-order valence-electron chi connectivity index (χ2n) is 11.2. The molecular weight excluding hydrogens is 636 g/mol. The Morgan fingerprint density at radius 3 is 2.70 bits per heavy atom. The first-order valence-corrected chi connectivity index (χ1v) is 17.0. The summed E-state index contributed by atoms with van der Waals surface area (Å²) in [5.41, 5.74) is 3.66. The van der Waals surface area contributed by atoms with Crippen molar-refractivity contribution in [1.82, 2.24) is 24.6 Å². The molecule has 1 unspecified atom stereocenters. The average molecular weight is 672 g/mol. The fourth-order valence-electron chi connectivity index (χ4n) is 5.00. The fourth-order valence-corrected chi connectivity index (χ4v) is 7.42. The number of carbonyl (C=O) groups excluding carboxylic acids is 1. The van der Waals surface area contributed by atoms with Crippen LogP contribution in [-0.4, -0.2) is 81.3 Å². The van der Waals surface area contributed by atoms with Gasteiger partial charge in [-0.25, -0.2) is 14.5 Å². The smallest absolute Gasteiger partial charge is 0.323 e. The zero-order chi connectivity index (χ0) is 33.4. The number of nitrogens with two attached hydrogens (primary N) is 1. The Morgan fingerprint density at radius 1 is 1.28 bits per heavy atom. The summed E-state index contributed by atoms with van der Waals surface area (Å²) in [4.78, 5) is 27.1. The van der Waals surface area contributed by atoms with Crippen LogP contribution < -0.4 is 20.2 Å². The minimum absolute atomic E-state index is 0.0796. The Hall–Kier alpha value is -3.90. The molecule has 1 saturated heterocycles. The van der Waals surface area contributed by atoms with Crippen molar-refractivity contribution in [3.05, 3.63) is 48.8 Å².